The highest BCUT2D eigenvalue weighted by Crippen LogP contribution is 2.07. The Bertz CT molecular complexity index is 458. The molecule has 0 bridgehead atoms. The molecule has 0 aromatic carbocycles. The monoisotopic (exact) mass is 282 g/mol. The molecule has 20 heavy (non-hydrogen) atoms. The molecule has 0 radical (unpaired) electrons. The van der Waals surface area contributed by atoms with Crippen molar-refractivity contribution in [3.8, 4) is 0 Å². The summed E-state index contributed by atoms with van der Waals surface area (Å²) < 4.78 is 1.85. The lowest BCUT2D eigenvalue weighted by molar-refractivity contribution is -0.138. The lowest BCUT2D eigenvalue weighted by Crippen LogP contribution is -2.39. The second-order valence-electron chi connectivity index (χ2n) is 4.87. The van der Waals surface area contributed by atoms with Crippen LogP contribution >= 0.6 is 0 Å². The van der Waals surface area contributed by atoms with Crippen LogP contribution in [0.5, 0.6) is 0 Å². The molecule has 1 aromatic rings. The Hall–Kier alpha value is -2.05. The first-order valence-corrected chi connectivity index (χ1v) is 6.61. The normalized spacial score (nSPS) is 11.9. The van der Waals surface area contributed by atoms with Gasteiger partial charge in [0.15, 0.2) is 0 Å². The Labute approximate surface area is 118 Å². The molecular weight excluding hydrogens is 260 g/mol. The Morgan fingerprint density at radius 1 is 1.55 bits per heavy atom. The van der Waals surface area contributed by atoms with Gasteiger partial charge >= 0.3 is 12.0 Å². The summed E-state index contributed by atoms with van der Waals surface area (Å²) in [6.07, 6.45) is 4.29. The number of imidazole rings is 1. The van der Waals surface area contributed by atoms with Gasteiger partial charge in [0.05, 0.1) is 6.54 Å². The molecule has 0 aliphatic rings. The van der Waals surface area contributed by atoms with Crippen molar-refractivity contribution in [1.82, 2.24) is 19.8 Å². The summed E-state index contributed by atoms with van der Waals surface area (Å²) in [4.78, 5) is 28.3. The van der Waals surface area contributed by atoms with Crippen LogP contribution in [-0.4, -0.2) is 45.2 Å². The molecule has 0 saturated heterocycles. The van der Waals surface area contributed by atoms with E-state index in [-0.39, 0.29) is 18.4 Å². The van der Waals surface area contributed by atoms with Crippen molar-refractivity contribution in [2.75, 3.05) is 13.6 Å². The molecule has 0 spiro atoms. The number of amides is 2. The van der Waals surface area contributed by atoms with E-state index in [1.54, 1.807) is 13.2 Å². The zero-order chi connectivity index (χ0) is 15.1. The summed E-state index contributed by atoms with van der Waals surface area (Å²) in [5.41, 5.74) is 0. The largest absolute Gasteiger partial charge is 0.481 e. The highest BCUT2D eigenvalue weighted by atomic mass is 16.4. The Morgan fingerprint density at radius 2 is 2.25 bits per heavy atom. The van der Waals surface area contributed by atoms with Gasteiger partial charge in [0.2, 0.25) is 0 Å². The van der Waals surface area contributed by atoms with Gasteiger partial charge in [0.1, 0.15) is 5.82 Å². The number of nitrogens with zero attached hydrogens (tertiary/aromatic N) is 3. The predicted molar refractivity (Wildman–Crippen MR) is 74.1 cm³/mol. The van der Waals surface area contributed by atoms with E-state index in [4.69, 9.17) is 5.11 Å². The highest BCUT2D eigenvalue weighted by Gasteiger charge is 2.15. The minimum Gasteiger partial charge on any atom is -0.481 e. The smallest absolute Gasteiger partial charge is 0.317 e. The molecule has 0 fully saturated rings. The van der Waals surface area contributed by atoms with Crippen molar-refractivity contribution >= 4 is 12.0 Å². The summed E-state index contributed by atoms with van der Waals surface area (Å²) in [6.45, 7) is 2.69. The Morgan fingerprint density at radius 3 is 2.75 bits per heavy atom. The third kappa shape index (κ3) is 4.91. The van der Waals surface area contributed by atoms with Crippen LogP contribution in [0.25, 0.3) is 0 Å². The van der Waals surface area contributed by atoms with Gasteiger partial charge in [0, 0.05) is 39.5 Å². The lowest BCUT2D eigenvalue weighted by Gasteiger charge is -2.20. The fraction of sp³-hybridized carbons (Fsp3) is 0.615. The summed E-state index contributed by atoms with van der Waals surface area (Å²) in [7, 11) is 3.55. The van der Waals surface area contributed by atoms with Crippen molar-refractivity contribution in [3.63, 3.8) is 0 Å². The Kier molecular flexibility index (Phi) is 6.02. The molecule has 7 heteroatoms. The quantitative estimate of drug-likeness (QED) is 0.783. The summed E-state index contributed by atoms with van der Waals surface area (Å²) in [6, 6.07) is -0.225. The van der Waals surface area contributed by atoms with Gasteiger partial charge in [-0.25, -0.2) is 9.78 Å². The van der Waals surface area contributed by atoms with E-state index >= 15 is 0 Å². The second-order valence-corrected chi connectivity index (χ2v) is 4.87. The minimum atomic E-state index is -0.840. The first-order chi connectivity index (χ1) is 9.43. The first kappa shape index (κ1) is 16.0. The number of carbonyl (C=O) groups is 2. The number of aromatic nitrogens is 2. The maximum absolute atomic E-state index is 11.9. The van der Waals surface area contributed by atoms with Gasteiger partial charge in [-0.3, -0.25) is 4.79 Å². The number of hydrogen-bond donors (Lipinski definition) is 2. The fourth-order valence-corrected chi connectivity index (χ4v) is 1.81. The van der Waals surface area contributed by atoms with Crippen LogP contribution in [0.3, 0.4) is 0 Å². The molecule has 1 heterocycles. The number of rotatable bonds is 7. The molecule has 112 valence electrons. The maximum atomic E-state index is 11.9. The van der Waals surface area contributed by atoms with E-state index in [0.29, 0.717) is 13.1 Å². The standard InChI is InChI=1S/C13H22N4O3/c1-4-10(7-12(18)19)8-15-13(20)17(3)9-11-14-5-6-16(11)2/h5-6,10H,4,7-9H2,1-3H3,(H,15,20)(H,18,19). The minimum absolute atomic E-state index is 0.0435. The molecule has 1 rings (SSSR count). The molecule has 0 aliphatic carbocycles. The predicted octanol–water partition coefficient (Wildman–Crippen LogP) is 1.06. The van der Waals surface area contributed by atoms with Crippen molar-refractivity contribution < 1.29 is 14.7 Å². The fourth-order valence-electron chi connectivity index (χ4n) is 1.81. The Balaban J connectivity index is 2.41. The lowest BCUT2D eigenvalue weighted by atomic mass is 10.0. The van der Waals surface area contributed by atoms with Gasteiger partial charge in [-0.1, -0.05) is 13.3 Å². The number of carbonyl (C=O) groups excluding carboxylic acids is 1. The van der Waals surface area contributed by atoms with E-state index in [2.05, 4.69) is 10.3 Å². The van der Waals surface area contributed by atoms with Crippen LogP contribution in [0.1, 0.15) is 25.6 Å². The molecule has 1 atom stereocenters. The highest BCUT2D eigenvalue weighted by molar-refractivity contribution is 5.74. The number of urea groups is 1. The molecule has 0 saturated carbocycles. The van der Waals surface area contributed by atoms with Gasteiger partial charge in [0.25, 0.3) is 0 Å². The number of carboxylic acids is 1. The third-order valence-electron chi connectivity index (χ3n) is 3.23. The SMILES string of the molecule is CCC(CNC(=O)N(C)Cc1nccn1C)CC(=O)O. The van der Waals surface area contributed by atoms with Gasteiger partial charge in [-0.2, -0.15) is 0 Å². The molecule has 7 nitrogen and oxygen atoms in total. The van der Waals surface area contributed by atoms with Crippen LogP contribution < -0.4 is 5.32 Å². The van der Waals surface area contributed by atoms with E-state index < -0.39 is 5.97 Å². The van der Waals surface area contributed by atoms with Gasteiger partial charge < -0.3 is 19.9 Å². The second kappa shape index (κ2) is 7.52. The molecular formula is C13H22N4O3. The van der Waals surface area contributed by atoms with E-state index in [0.717, 1.165) is 12.2 Å². The topological polar surface area (TPSA) is 87.5 Å². The molecule has 1 unspecified atom stereocenters. The van der Waals surface area contributed by atoms with Crippen LogP contribution in [0.15, 0.2) is 12.4 Å². The summed E-state index contributed by atoms with van der Waals surface area (Å²) in [5.74, 6) is -0.0919. The van der Waals surface area contributed by atoms with Crippen molar-refractivity contribution in [3.05, 3.63) is 18.2 Å². The molecule has 2 N–H and O–H groups in total. The van der Waals surface area contributed by atoms with Gasteiger partial charge in [-0.15, -0.1) is 0 Å². The van der Waals surface area contributed by atoms with E-state index in [1.165, 1.54) is 4.90 Å². The first-order valence-electron chi connectivity index (χ1n) is 6.61. The van der Waals surface area contributed by atoms with E-state index in [9.17, 15) is 9.59 Å². The zero-order valence-corrected chi connectivity index (χ0v) is 12.2. The number of hydrogen-bond acceptors (Lipinski definition) is 3. The van der Waals surface area contributed by atoms with Crippen molar-refractivity contribution in [1.29, 1.82) is 0 Å². The number of aryl methyl sites for hydroxylation is 1. The average molecular weight is 282 g/mol. The van der Waals surface area contributed by atoms with Crippen molar-refractivity contribution in [2.24, 2.45) is 13.0 Å². The molecule has 0 aliphatic heterocycles. The maximum Gasteiger partial charge on any atom is 0.317 e. The van der Waals surface area contributed by atoms with E-state index in [1.807, 2.05) is 24.7 Å². The summed E-state index contributed by atoms with van der Waals surface area (Å²) in [5, 5.41) is 11.5. The third-order valence-corrected chi connectivity index (χ3v) is 3.23. The van der Waals surface area contributed by atoms with Crippen LogP contribution in [-0.2, 0) is 18.4 Å². The summed E-state index contributed by atoms with van der Waals surface area (Å²) >= 11 is 0. The number of carboxylic acid groups (broad SMARTS) is 1. The van der Waals surface area contributed by atoms with Crippen molar-refractivity contribution in [2.45, 2.75) is 26.3 Å². The van der Waals surface area contributed by atoms with Crippen LogP contribution in [0.4, 0.5) is 4.79 Å². The average Bonchev–Trinajstić information content (AvgIpc) is 2.79. The van der Waals surface area contributed by atoms with Crippen LogP contribution in [0.2, 0.25) is 0 Å². The molecule has 1 aromatic heterocycles. The van der Waals surface area contributed by atoms with Gasteiger partial charge in [-0.05, 0) is 5.92 Å². The van der Waals surface area contributed by atoms with Crippen LogP contribution in [0, 0.1) is 5.92 Å². The number of aliphatic carboxylic acids is 1. The molecule has 2 amide bonds. The zero-order valence-electron chi connectivity index (χ0n) is 12.2. The number of nitrogens with one attached hydrogen (secondary N) is 1.